The number of rotatable bonds is 10. The lowest BCUT2D eigenvalue weighted by molar-refractivity contribution is -0.118. The van der Waals surface area contributed by atoms with Crippen molar-refractivity contribution in [3.05, 3.63) is 76.3 Å². The number of carbonyl (C=O) groups excluding carboxylic acids is 2. The molecule has 9 nitrogen and oxygen atoms in total. The molecule has 10 heteroatoms. The van der Waals surface area contributed by atoms with E-state index < -0.39 is 5.91 Å². The van der Waals surface area contributed by atoms with Gasteiger partial charge in [-0.3, -0.25) is 9.59 Å². The second-order valence-corrected chi connectivity index (χ2v) is 7.91. The van der Waals surface area contributed by atoms with Crippen molar-refractivity contribution in [1.82, 2.24) is 5.43 Å². The van der Waals surface area contributed by atoms with Crippen molar-refractivity contribution >= 4 is 39.6 Å². The molecule has 0 aliphatic rings. The third-order valence-corrected chi connectivity index (χ3v) is 5.21. The van der Waals surface area contributed by atoms with Gasteiger partial charge < -0.3 is 24.3 Å². The molecule has 3 rings (SSSR count). The van der Waals surface area contributed by atoms with Gasteiger partial charge in [0.05, 0.1) is 38.8 Å². The van der Waals surface area contributed by atoms with Crippen LogP contribution >= 0.6 is 15.9 Å². The SMILES string of the molecule is COc1ccccc1NC(=O)COc1ccc(/C=N\NC(=O)c2cc(Br)ccc2OC)cc1OC. The predicted octanol–water partition coefficient (Wildman–Crippen LogP) is 4.26. The number of para-hydroxylation sites is 2. The maximum atomic E-state index is 12.4. The first-order chi connectivity index (χ1) is 16.9. The first kappa shape index (κ1) is 25.6. The number of amides is 2. The van der Waals surface area contributed by atoms with Gasteiger partial charge in [0.2, 0.25) is 0 Å². The minimum Gasteiger partial charge on any atom is -0.496 e. The van der Waals surface area contributed by atoms with Crippen molar-refractivity contribution in [3.8, 4) is 23.0 Å². The molecule has 0 spiro atoms. The van der Waals surface area contributed by atoms with Crippen LogP contribution in [0.15, 0.2) is 70.2 Å². The van der Waals surface area contributed by atoms with Gasteiger partial charge in [0.1, 0.15) is 11.5 Å². The van der Waals surface area contributed by atoms with E-state index in [0.29, 0.717) is 39.8 Å². The molecule has 0 saturated heterocycles. The summed E-state index contributed by atoms with van der Waals surface area (Å²) in [5, 5.41) is 6.74. The van der Waals surface area contributed by atoms with Crippen LogP contribution in [0.3, 0.4) is 0 Å². The van der Waals surface area contributed by atoms with E-state index in [1.54, 1.807) is 54.6 Å². The van der Waals surface area contributed by atoms with Crippen LogP contribution in [0.4, 0.5) is 5.69 Å². The molecule has 0 bridgehead atoms. The minimum atomic E-state index is -0.424. The van der Waals surface area contributed by atoms with E-state index >= 15 is 0 Å². The number of ether oxygens (including phenoxy) is 4. The maximum absolute atomic E-state index is 12.4. The lowest BCUT2D eigenvalue weighted by atomic mass is 10.2. The van der Waals surface area contributed by atoms with Gasteiger partial charge in [0.15, 0.2) is 18.1 Å². The lowest BCUT2D eigenvalue weighted by Gasteiger charge is -2.12. The molecule has 0 fully saturated rings. The van der Waals surface area contributed by atoms with Gasteiger partial charge in [-0.15, -0.1) is 0 Å². The smallest absolute Gasteiger partial charge is 0.275 e. The average Bonchev–Trinajstić information content (AvgIpc) is 2.87. The van der Waals surface area contributed by atoms with E-state index in [9.17, 15) is 9.59 Å². The van der Waals surface area contributed by atoms with Gasteiger partial charge >= 0.3 is 0 Å². The van der Waals surface area contributed by atoms with Crippen LogP contribution in [0.2, 0.25) is 0 Å². The van der Waals surface area contributed by atoms with Crippen LogP contribution in [0, 0.1) is 0 Å². The number of anilines is 1. The van der Waals surface area contributed by atoms with Crippen molar-refractivity contribution in [2.75, 3.05) is 33.3 Å². The predicted molar refractivity (Wildman–Crippen MR) is 136 cm³/mol. The molecule has 0 aliphatic heterocycles. The Labute approximate surface area is 211 Å². The van der Waals surface area contributed by atoms with E-state index in [0.717, 1.165) is 4.47 Å². The second-order valence-electron chi connectivity index (χ2n) is 6.99. The number of hydrazone groups is 1. The summed E-state index contributed by atoms with van der Waals surface area (Å²) in [6.45, 7) is -0.230. The normalized spacial score (nSPS) is 10.5. The third kappa shape index (κ3) is 6.97. The van der Waals surface area contributed by atoms with Crippen molar-refractivity contribution in [1.29, 1.82) is 0 Å². The molecule has 3 aromatic rings. The molecule has 0 radical (unpaired) electrons. The monoisotopic (exact) mass is 541 g/mol. The molecular formula is C25H24BrN3O6. The van der Waals surface area contributed by atoms with E-state index in [2.05, 4.69) is 31.8 Å². The molecule has 0 saturated carbocycles. The van der Waals surface area contributed by atoms with Gasteiger partial charge in [-0.1, -0.05) is 28.1 Å². The summed E-state index contributed by atoms with van der Waals surface area (Å²) in [5.41, 5.74) is 4.00. The molecule has 35 heavy (non-hydrogen) atoms. The molecular weight excluding hydrogens is 518 g/mol. The molecule has 0 atom stereocenters. The van der Waals surface area contributed by atoms with Crippen LogP contribution in [0.1, 0.15) is 15.9 Å². The van der Waals surface area contributed by atoms with E-state index in [-0.39, 0.29) is 12.5 Å². The van der Waals surface area contributed by atoms with Gasteiger partial charge in [-0.25, -0.2) is 5.43 Å². The minimum absolute atomic E-state index is 0.230. The number of hydrogen-bond acceptors (Lipinski definition) is 7. The Balaban J connectivity index is 1.61. The van der Waals surface area contributed by atoms with Crippen molar-refractivity contribution in [3.63, 3.8) is 0 Å². The van der Waals surface area contributed by atoms with Crippen molar-refractivity contribution in [2.45, 2.75) is 0 Å². The van der Waals surface area contributed by atoms with Gasteiger partial charge in [-0.2, -0.15) is 5.10 Å². The number of hydrogen-bond donors (Lipinski definition) is 2. The Morgan fingerprint density at radius 2 is 1.60 bits per heavy atom. The fourth-order valence-electron chi connectivity index (χ4n) is 3.04. The number of halogens is 1. The molecule has 182 valence electrons. The summed E-state index contributed by atoms with van der Waals surface area (Å²) in [6, 6.07) is 17.2. The lowest BCUT2D eigenvalue weighted by Crippen LogP contribution is -2.20. The van der Waals surface area contributed by atoms with Gasteiger partial charge in [-0.05, 0) is 54.1 Å². The fraction of sp³-hybridized carbons (Fsp3) is 0.160. The van der Waals surface area contributed by atoms with E-state index in [1.807, 2.05) is 6.07 Å². The standard InChI is InChI=1S/C25H24BrN3O6/c1-32-20-11-9-17(26)13-18(20)25(31)29-27-14-16-8-10-22(23(12-16)34-3)35-15-24(30)28-19-6-4-5-7-21(19)33-2/h4-14H,15H2,1-3H3,(H,28,30)(H,29,31)/b27-14-. The zero-order valence-corrected chi connectivity index (χ0v) is 20.9. The van der Waals surface area contributed by atoms with Gasteiger partial charge in [0, 0.05) is 4.47 Å². The molecule has 0 aliphatic carbocycles. The Morgan fingerprint density at radius 1 is 0.886 bits per heavy atom. The summed E-state index contributed by atoms with van der Waals surface area (Å²) in [4.78, 5) is 24.8. The van der Waals surface area contributed by atoms with Gasteiger partial charge in [0.25, 0.3) is 11.8 Å². The van der Waals surface area contributed by atoms with Crippen LogP contribution < -0.4 is 29.7 Å². The highest BCUT2D eigenvalue weighted by Gasteiger charge is 2.13. The molecule has 2 amide bonds. The Hall–Kier alpha value is -4.05. The number of carbonyl (C=O) groups is 2. The molecule has 3 aromatic carbocycles. The molecule has 0 aromatic heterocycles. The quantitative estimate of drug-likeness (QED) is 0.293. The molecule has 2 N–H and O–H groups in total. The highest BCUT2D eigenvalue weighted by Crippen LogP contribution is 2.28. The van der Waals surface area contributed by atoms with Crippen LogP contribution in [0.25, 0.3) is 0 Å². The zero-order chi connectivity index (χ0) is 25.2. The number of nitrogens with one attached hydrogen (secondary N) is 2. The van der Waals surface area contributed by atoms with Crippen molar-refractivity contribution < 1.29 is 28.5 Å². The van der Waals surface area contributed by atoms with Crippen LogP contribution in [-0.2, 0) is 4.79 Å². The third-order valence-electron chi connectivity index (χ3n) is 4.71. The Morgan fingerprint density at radius 3 is 2.34 bits per heavy atom. The Kier molecular flexibility index (Phi) is 9.08. The summed E-state index contributed by atoms with van der Waals surface area (Å²) in [6.07, 6.45) is 1.46. The molecule has 0 heterocycles. The first-order valence-electron chi connectivity index (χ1n) is 10.4. The summed E-state index contributed by atoms with van der Waals surface area (Å²) >= 11 is 3.34. The summed E-state index contributed by atoms with van der Waals surface area (Å²) in [7, 11) is 4.50. The molecule has 0 unspecified atom stereocenters. The fourth-order valence-corrected chi connectivity index (χ4v) is 3.41. The number of methoxy groups -OCH3 is 3. The van der Waals surface area contributed by atoms with E-state index in [4.69, 9.17) is 18.9 Å². The van der Waals surface area contributed by atoms with Crippen LogP contribution in [0.5, 0.6) is 23.0 Å². The Bertz CT molecular complexity index is 1230. The topological polar surface area (TPSA) is 107 Å². The highest BCUT2D eigenvalue weighted by atomic mass is 79.9. The second kappa shape index (κ2) is 12.4. The summed E-state index contributed by atoms with van der Waals surface area (Å²) in [5.74, 6) is 0.980. The van der Waals surface area contributed by atoms with Crippen LogP contribution in [-0.4, -0.2) is 46.0 Å². The highest BCUT2D eigenvalue weighted by molar-refractivity contribution is 9.10. The maximum Gasteiger partial charge on any atom is 0.275 e. The zero-order valence-electron chi connectivity index (χ0n) is 19.3. The first-order valence-corrected chi connectivity index (χ1v) is 11.1. The average molecular weight is 542 g/mol. The van der Waals surface area contributed by atoms with Crippen molar-refractivity contribution in [2.24, 2.45) is 5.10 Å². The number of benzene rings is 3. The number of nitrogens with zero attached hydrogens (tertiary/aromatic N) is 1. The largest absolute Gasteiger partial charge is 0.496 e. The summed E-state index contributed by atoms with van der Waals surface area (Å²) < 4.78 is 22.2. The van der Waals surface area contributed by atoms with E-state index in [1.165, 1.54) is 27.5 Å².